The molecule has 0 aliphatic carbocycles. The molecule has 3 aromatic rings. The number of rotatable bonds is 6. The largest absolute Gasteiger partial charge is 0.492 e. The summed E-state index contributed by atoms with van der Waals surface area (Å²) in [5.74, 6) is 0.333. The molecule has 2 amide bonds. The van der Waals surface area contributed by atoms with Crippen LogP contribution in [0, 0.1) is 0 Å². The highest BCUT2D eigenvalue weighted by Gasteiger charge is 2.31. The first-order chi connectivity index (χ1) is 12.7. The van der Waals surface area contributed by atoms with Gasteiger partial charge < -0.3 is 9.47 Å². The van der Waals surface area contributed by atoms with Gasteiger partial charge in [-0.05, 0) is 23.8 Å². The molecule has 4 rings (SSSR count). The lowest BCUT2D eigenvalue weighted by Gasteiger charge is -2.09. The molecule has 1 atom stereocenters. The highest BCUT2D eigenvalue weighted by molar-refractivity contribution is 6.00. The molecule has 132 valence electrons. The third kappa shape index (κ3) is 3.37. The summed E-state index contributed by atoms with van der Waals surface area (Å²) < 4.78 is 12.6. The fraction of sp³-hybridized carbons (Fsp3) is 0.211. The van der Waals surface area contributed by atoms with Gasteiger partial charge in [0.1, 0.15) is 12.4 Å². The van der Waals surface area contributed by atoms with Gasteiger partial charge in [-0.1, -0.05) is 30.3 Å². The van der Waals surface area contributed by atoms with E-state index in [0.29, 0.717) is 19.6 Å². The number of fused-ring (bicyclic) bond motifs is 1. The van der Waals surface area contributed by atoms with Crippen LogP contribution in [-0.2, 0) is 22.5 Å². The van der Waals surface area contributed by atoms with E-state index in [1.54, 1.807) is 0 Å². The first-order valence-electron chi connectivity index (χ1n) is 8.33. The van der Waals surface area contributed by atoms with Gasteiger partial charge in [0.25, 0.3) is 5.91 Å². The Balaban J connectivity index is 1.31. The first kappa shape index (κ1) is 16.1. The monoisotopic (exact) mass is 351 g/mol. The van der Waals surface area contributed by atoms with Gasteiger partial charge in [0.05, 0.1) is 18.3 Å². The third-order valence-electron chi connectivity index (χ3n) is 4.23. The van der Waals surface area contributed by atoms with Crippen LogP contribution in [0.1, 0.15) is 5.56 Å². The van der Waals surface area contributed by atoms with Crippen molar-refractivity contribution in [2.24, 2.45) is 0 Å². The number of alkyl carbamates (subject to hydrolysis) is 1. The van der Waals surface area contributed by atoms with Gasteiger partial charge in [0.15, 0.2) is 6.10 Å². The SMILES string of the molecule is O=C1NC(=O)C(Cc2ccc(OCCn3ncc4ccccc43)cc2)O1. The van der Waals surface area contributed by atoms with E-state index in [1.165, 1.54) is 0 Å². The summed E-state index contributed by atoms with van der Waals surface area (Å²) in [5.41, 5.74) is 1.97. The van der Waals surface area contributed by atoms with Crippen LogP contribution in [0.25, 0.3) is 10.9 Å². The van der Waals surface area contributed by atoms with E-state index in [2.05, 4.69) is 10.4 Å². The number of nitrogens with one attached hydrogen (secondary N) is 1. The maximum atomic E-state index is 11.5. The summed E-state index contributed by atoms with van der Waals surface area (Å²) in [5, 5.41) is 7.59. The lowest BCUT2D eigenvalue weighted by atomic mass is 10.1. The van der Waals surface area contributed by atoms with Crippen LogP contribution in [0.5, 0.6) is 5.75 Å². The van der Waals surface area contributed by atoms with E-state index in [-0.39, 0.29) is 0 Å². The first-order valence-corrected chi connectivity index (χ1v) is 8.33. The van der Waals surface area contributed by atoms with Crippen molar-refractivity contribution in [1.29, 1.82) is 0 Å². The van der Waals surface area contributed by atoms with Crippen LogP contribution >= 0.6 is 0 Å². The number of carbonyl (C=O) groups is 2. The minimum absolute atomic E-state index is 0.344. The number of aromatic nitrogens is 2. The highest BCUT2D eigenvalue weighted by Crippen LogP contribution is 2.17. The molecular weight excluding hydrogens is 334 g/mol. The molecule has 1 saturated heterocycles. The summed E-state index contributed by atoms with van der Waals surface area (Å²) in [6, 6.07) is 15.4. The van der Waals surface area contributed by atoms with Gasteiger partial charge in [-0.3, -0.25) is 14.8 Å². The van der Waals surface area contributed by atoms with Gasteiger partial charge in [0.2, 0.25) is 0 Å². The Morgan fingerprint density at radius 3 is 2.69 bits per heavy atom. The molecule has 0 radical (unpaired) electrons. The average Bonchev–Trinajstić information content (AvgIpc) is 3.19. The lowest BCUT2D eigenvalue weighted by molar-refractivity contribution is -0.123. The zero-order valence-electron chi connectivity index (χ0n) is 13.9. The molecule has 0 bridgehead atoms. The summed E-state index contributed by atoms with van der Waals surface area (Å²) in [7, 11) is 0. The third-order valence-corrected chi connectivity index (χ3v) is 4.23. The lowest BCUT2D eigenvalue weighted by Crippen LogP contribution is -2.25. The van der Waals surface area contributed by atoms with Crippen molar-refractivity contribution in [3.63, 3.8) is 0 Å². The predicted octanol–water partition coefficient (Wildman–Crippen LogP) is 2.29. The van der Waals surface area contributed by atoms with Crippen molar-refractivity contribution in [2.75, 3.05) is 6.61 Å². The van der Waals surface area contributed by atoms with Gasteiger partial charge in [-0.25, -0.2) is 4.79 Å². The quantitative estimate of drug-likeness (QED) is 0.737. The summed E-state index contributed by atoms with van der Waals surface area (Å²) >= 11 is 0. The van der Waals surface area contributed by atoms with E-state index in [0.717, 1.165) is 22.2 Å². The molecule has 2 heterocycles. The average molecular weight is 351 g/mol. The Morgan fingerprint density at radius 2 is 1.92 bits per heavy atom. The maximum absolute atomic E-state index is 11.5. The van der Waals surface area contributed by atoms with Crippen LogP contribution in [0.2, 0.25) is 0 Å². The second-order valence-corrected chi connectivity index (χ2v) is 6.01. The molecule has 2 aromatic carbocycles. The van der Waals surface area contributed by atoms with Crippen molar-refractivity contribution in [1.82, 2.24) is 15.1 Å². The van der Waals surface area contributed by atoms with E-state index in [9.17, 15) is 9.59 Å². The standard InChI is InChI=1S/C19H17N3O4/c23-18-17(26-19(24)21-18)11-13-5-7-15(8-6-13)25-10-9-22-16-4-2-1-3-14(16)12-20-22/h1-8,12,17H,9-11H2,(H,21,23,24). The molecular formula is C19H17N3O4. The van der Waals surface area contributed by atoms with E-state index >= 15 is 0 Å². The molecule has 7 heteroatoms. The Bertz CT molecular complexity index is 949. The Kier molecular flexibility index (Phi) is 4.27. The highest BCUT2D eigenvalue weighted by atomic mass is 16.6. The van der Waals surface area contributed by atoms with E-state index in [1.807, 2.05) is 59.4 Å². The molecule has 1 fully saturated rings. The number of ether oxygens (including phenoxy) is 2. The minimum Gasteiger partial charge on any atom is -0.492 e. The summed E-state index contributed by atoms with van der Waals surface area (Å²) in [6.07, 6.45) is 0.737. The van der Waals surface area contributed by atoms with E-state index < -0.39 is 18.1 Å². The van der Waals surface area contributed by atoms with Gasteiger partial charge in [0, 0.05) is 11.8 Å². The minimum atomic E-state index is -0.762. The van der Waals surface area contributed by atoms with Crippen molar-refractivity contribution in [3.05, 3.63) is 60.3 Å². The molecule has 1 N–H and O–H groups in total. The van der Waals surface area contributed by atoms with Crippen LogP contribution in [-0.4, -0.2) is 34.5 Å². The molecule has 1 aliphatic rings. The molecule has 7 nitrogen and oxygen atoms in total. The van der Waals surface area contributed by atoms with Crippen molar-refractivity contribution >= 4 is 22.9 Å². The predicted molar refractivity (Wildman–Crippen MR) is 93.8 cm³/mol. The number of carbonyl (C=O) groups excluding carboxylic acids is 2. The molecule has 26 heavy (non-hydrogen) atoms. The van der Waals surface area contributed by atoms with Crippen LogP contribution < -0.4 is 10.1 Å². The zero-order chi connectivity index (χ0) is 17.9. The molecule has 1 aromatic heterocycles. The number of benzene rings is 2. The molecule has 1 unspecified atom stereocenters. The van der Waals surface area contributed by atoms with Crippen molar-refractivity contribution in [2.45, 2.75) is 19.1 Å². The summed E-state index contributed by atoms with van der Waals surface area (Å²) in [6.45, 7) is 1.14. The van der Waals surface area contributed by atoms with Gasteiger partial charge in [-0.2, -0.15) is 5.10 Å². The molecule has 0 saturated carbocycles. The Hall–Kier alpha value is -3.35. The number of hydrogen-bond acceptors (Lipinski definition) is 5. The molecule has 1 aliphatic heterocycles. The Labute approximate surface area is 149 Å². The maximum Gasteiger partial charge on any atom is 0.414 e. The van der Waals surface area contributed by atoms with Gasteiger partial charge >= 0.3 is 6.09 Å². The number of cyclic esters (lactones) is 1. The normalized spacial score (nSPS) is 16.5. The van der Waals surface area contributed by atoms with Crippen LogP contribution in [0.4, 0.5) is 4.79 Å². The smallest absolute Gasteiger partial charge is 0.414 e. The van der Waals surface area contributed by atoms with E-state index in [4.69, 9.17) is 9.47 Å². The zero-order valence-corrected chi connectivity index (χ0v) is 13.9. The van der Waals surface area contributed by atoms with Crippen LogP contribution in [0.3, 0.4) is 0 Å². The summed E-state index contributed by atoms with van der Waals surface area (Å²) in [4.78, 5) is 22.5. The van der Waals surface area contributed by atoms with Crippen LogP contribution in [0.15, 0.2) is 54.7 Å². The van der Waals surface area contributed by atoms with Crippen molar-refractivity contribution < 1.29 is 19.1 Å². The molecule has 0 spiro atoms. The fourth-order valence-electron chi connectivity index (χ4n) is 2.92. The van der Waals surface area contributed by atoms with Crippen molar-refractivity contribution in [3.8, 4) is 5.75 Å². The number of imide groups is 1. The fourth-order valence-corrected chi connectivity index (χ4v) is 2.92. The van der Waals surface area contributed by atoms with Gasteiger partial charge in [-0.15, -0.1) is 0 Å². The topological polar surface area (TPSA) is 82.5 Å². The number of nitrogens with zero attached hydrogens (tertiary/aromatic N) is 2. The Morgan fingerprint density at radius 1 is 1.12 bits per heavy atom. The number of hydrogen-bond donors (Lipinski definition) is 1. The second-order valence-electron chi connectivity index (χ2n) is 6.01. The number of amides is 2. The number of para-hydroxylation sites is 1. The second kappa shape index (κ2) is 6.87.